The fourth-order valence-corrected chi connectivity index (χ4v) is 1.03. The quantitative estimate of drug-likeness (QED) is 0.711. The van der Waals surface area contributed by atoms with E-state index in [0.717, 1.165) is 0 Å². The van der Waals surface area contributed by atoms with Crippen LogP contribution in [-0.2, 0) is 4.79 Å². The van der Waals surface area contributed by atoms with Crippen LogP contribution in [0.2, 0.25) is 0 Å². The van der Waals surface area contributed by atoms with E-state index in [1.54, 1.807) is 0 Å². The number of Topliss-reactive ketones (excluding diaryl/α,β-unsaturated/α-hetero) is 1. The van der Waals surface area contributed by atoms with Gasteiger partial charge >= 0.3 is 0 Å². The van der Waals surface area contributed by atoms with E-state index in [1.165, 1.54) is 0 Å². The molecule has 0 aliphatic heterocycles. The van der Waals surface area contributed by atoms with E-state index >= 15 is 0 Å². The van der Waals surface area contributed by atoms with Crippen molar-refractivity contribution in [3.05, 3.63) is 0 Å². The topological polar surface area (TPSA) is 17.1 Å². The first-order chi connectivity index (χ1) is 4.04. The van der Waals surface area contributed by atoms with E-state index in [9.17, 15) is 4.79 Å². The molecular weight excluding hydrogens is 248 g/mol. The third-order valence-electron chi connectivity index (χ3n) is 0.999. The number of halogens is 2. The summed E-state index contributed by atoms with van der Waals surface area (Å²) in [7, 11) is 0. The average Bonchev–Trinajstić information content (AvgIpc) is 1.63. The molecule has 1 nitrogen and oxygen atoms in total. The predicted molar refractivity (Wildman–Crippen MR) is 46.1 cm³/mol. The Morgan fingerprint density at radius 1 is 1.44 bits per heavy atom. The fraction of sp³-hybridized carbons (Fsp3) is 0.833. The Bertz CT molecular complexity index is 99.2. The van der Waals surface area contributed by atoms with Gasteiger partial charge in [0.25, 0.3) is 0 Å². The molecule has 0 heterocycles. The summed E-state index contributed by atoms with van der Waals surface area (Å²) in [6.07, 6.45) is 0.567. The third kappa shape index (κ3) is 5.09. The van der Waals surface area contributed by atoms with Gasteiger partial charge in [0.2, 0.25) is 0 Å². The molecule has 9 heavy (non-hydrogen) atoms. The SMILES string of the molecule is CC(C)C(=O)CC(Br)Br. The molecule has 0 fully saturated rings. The molecule has 0 radical (unpaired) electrons. The summed E-state index contributed by atoms with van der Waals surface area (Å²) in [6.45, 7) is 3.81. The zero-order valence-corrected chi connectivity index (χ0v) is 8.70. The van der Waals surface area contributed by atoms with Crippen LogP contribution in [0.25, 0.3) is 0 Å². The van der Waals surface area contributed by atoms with Gasteiger partial charge in [-0.1, -0.05) is 45.7 Å². The molecule has 0 aliphatic rings. The van der Waals surface area contributed by atoms with E-state index in [-0.39, 0.29) is 15.4 Å². The monoisotopic (exact) mass is 256 g/mol. The lowest BCUT2D eigenvalue weighted by Gasteiger charge is -2.02. The molecule has 3 heteroatoms. The summed E-state index contributed by atoms with van der Waals surface area (Å²) in [4.78, 5) is 10.9. The Balaban J connectivity index is 3.51. The number of carbonyl (C=O) groups excluding carboxylic acids is 1. The summed E-state index contributed by atoms with van der Waals surface area (Å²) in [6, 6.07) is 0. The van der Waals surface area contributed by atoms with Gasteiger partial charge in [-0.15, -0.1) is 0 Å². The highest BCUT2D eigenvalue weighted by Gasteiger charge is 2.10. The van der Waals surface area contributed by atoms with Crippen molar-refractivity contribution in [3.63, 3.8) is 0 Å². The van der Waals surface area contributed by atoms with Crippen LogP contribution in [0.4, 0.5) is 0 Å². The highest BCUT2D eigenvalue weighted by Crippen LogP contribution is 2.15. The van der Waals surface area contributed by atoms with Gasteiger partial charge in [0, 0.05) is 12.3 Å². The molecule has 0 N–H and O–H groups in total. The number of hydrogen-bond acceptors (Lipinski definition) is 1. The van der Waals surface area contributed by atoms with Gasteiger partial charge in [0.15, 0.2) is 0 Å². The third-order valence-corrected chi connectivity index (χ3v) is 1.65. The molecule has 0 saturated carbocycles. The molecule has 0 rings (SSSR count). The van der Waals surface area contributed by atoms with Crippen molar-refractivity contribution in [3.8, 4) is 0 Å². The minimum atomic E-state index is 0.139. The van der Waals surface area contributed by atoms with Gasteiger partial charge in [0.1, 0.15) is 5.78 Å². The molecule has 0 atom stereocenters. The van der Waals surface area contributed by atoms with Crippen LogP contribution in [0.1, 0.15) is 20.3 Å². The molecule has 0 aromatic heterocycles. The molecule has 0 aliphatic carbocycles. The van der Waals surface area contributed by atoms with Crippen molar-refractivity contribution in [1.82, 2.24) is 0 Å². The van der Waals surface area contributed by atoms with Crippen LogP contribution in [0.15, 0.2) is 0 Å². The number of ketones is 1. The first-order valence-electron chi connectivity index (χ1n) is 2.85. The molecule has 0 unspecified atom stereocenters. The lowest BCUT2D eigenvalue weighted by atomic mass is 10.1. The van der Waals surface area contributed by atoms with Gasteiger partial charge in [-0.05, 0) is 0 Å². The van der Waals surface area contributed by atoms with Crippen LogP contribution in [-0.4, -0.2) is 9.52 Å². The van der Waals surface area contributed by atoms with E-state index in [4.69, 9.17) is 0 Å². The van der Waals surface area contributed by atoms with Gasteiger partial charge in [-0.25, -0.2) is 0 Å². The summed E-state index contributed by atoms with van der Waals surface area (Å²) in [5.41, 5.74) is 0. The zero-order valence-electron chi connectivity index (χ0n) is 5.53. The zero-order chi connectivity index (χ0) is 7.44. The minimum absolute atomic E-state index is 0.139. The van der Waals surface area contributed by atoms with E-state index < -0.39 is 0 Å². The number of rotatable bonds is 3. The summed E-state index contributed by atoms with van der Waals surface area (Å²) >= 11 is 6.48. The smallest absolute Gasteiger partial charge is 0.137 e. The number of hydrogen-bond donors (Lipinski definition) is 0. The van der Waals surface area contributed by atoms with Crippen molar-refractivity contribution in [2.75, 3.05) is 0 Å². The molecule has 0 aromatic rings. The predicted octanol–water partition coefficient (Wildman–Crippen LogP) is 2.72. The van der Waals surface area contributed by atoms with Crippen LogP contribution >= 0.6 is 31.9 Å². The van der Waals surface area contributed by atoms with Crippen LogP contribution in [0.5, 0.6) is 0 Å². The largest absolute Gasteiger partial charge is 0.299 e. The Kier molecular flexibility index (Phi) is 4.76. The van der Waals surface area contributed by atoms with E-state index in [0.29, 0.717) is 6.42 Å². The van der Waals surface area contributed by atoms with Gasteiger partial charge < -0.3 is 0 Å². The molecule has 0 amide bonds. The van der Waals surface area contributed by atoms with E-state index in [1.807, 2.05) is 13.8 Å². The van der Waals surface area contributed by atoms with Gasteiger partial charge in [0.05, 0.1) is 3.74 Å². The molecule has 0 saturated heterocycles. The molecule has 0 aromatic carbocycles. The maximum atomic E-state index is 10.9. The Labute approximate surface area is 72.5 Å². The van der Waals surface area contributed by atoms with Crippen molar-refractivity contribution in [2.45, 2.75) is 24.0 Å². The molecular formula is C6H10Br2O. The van der Waals surface area contributed by atoms with Crippen molar-refractivity contribution in [2.24, 2.45) is 5.92 Å². The highest BCUT2D eigenvalue weighted by atomic mass is 79.9. The molecule has 0 spiro atoms. The fourth-order valence-electron chi connectivity index (χ4n) is 0.388. The lowest BCUT2D eigenvalue weighted by molar-refractivity contribution is -0.121. The maximum Gasteiger partial charge on any atom is 0.137 e. The Morgan fingerprint density at radius 2 is 1.89 bits per heavy atom. The minimum Gasteiger partial charge on any atom is -0.299 e. The number of alkyl halides is 2. The lowest BCUT2D eigenvalue weighted by Crippen LogP contribution is -2.09. The number of carbonyl (C=O) groups is 1. The first kappa shape index (κ1) is 9.63. The van der Waals surface area contributed by atoms with Crippen molar-refractivity contribution in [1.29, 1.82) is 0 Å². The van der Waals surface area contributed by atoms with Crippen LogP contribution in [0.3, 0.4) is 0 Å². The summed E-state index contributed by atoms with van der Waals surface area (Å²) in [5, 5.41) is 0. The Hall–Kier alpha value is 0.630. The Morgan fingerprint density at radius 3 is 2.00 bits per heavy atom. The highest BCUT2D eigenvalue weighted by molar-refractivity contribution is 9.24. The summed E-state index contributed by atoms with van der Waals surface area (Å²) < 4.78 is 0.139. The normalized spacial score (nSPS) is 10.9. The van der Waals surface area contributed by atoms with E-state index in [2.05, 4.69) is 31.9 Å². The summed E-state index contributed by atoms with van der Waals surface area (Å²) in [5.74, 6) is 0.441. The molecule has 54 valence electrons. The second-order valence-corrected chi connectivity index (χ2v) is 5.66. The van der Waals surface area contributed by atoms with Gasteiger partial charge in [-0.3, -0.25) is 4.79 Å². The van der Waals surface area contributed by atoms with Crippen LogP contribution in [0, 0.1) is 5.92 Å². The first-order valence-corrected chi connectivity index (χ1v) is 4.68. The van der Waals surface area contributed by atoms with Crippen molar-refractivity contribution >= 4 is 37.6 Å². The standard InChI is InChI=1S/C6H10Br2O/c1-4(2)5(9)3-6(7)8/h4,6H,3H2,1-2H3. The second-order valence-electron chi connectivity index (χ2n) is 2.22. The maximum absolute atomic E-state index is 10.9. The van der Waals surface area contributed by atoms with Gasteiger partial charge in [-0.2, -0.15) is 0 Å². The second kappa shape index (κ2) is 4.45. The average molecular weight is 258 g/mol. The molecule has 0 bridgehead atoms. The van der Waals surface area contributed by atoms with Crippen molar-refractivity contribution < 1.29 is 4.79 Å². The van der Waals surface area contributed by atoms with Crippen LogP contribution < -0.4 is 0 Å².